The SMILES string of the molecule is COC(=O)c1ccc(C(C)(C)ON)o1. The van der Waals surface area contributed by atoms with Crippen LogP contribution in [0.2, 0.25) is 0 Å². The van der Waals surface area contributed by atoms with E-state index >= 15 is 0 Å². The first-order valence-corrected chi connectivity index (χ1v) is 4.08. The largest absolute Gasteiger partial charge is 0.463 e. The Labute approximate surface area is 81.7 Å². The summed E-state index contributed by atoms with van der Waals surface area (Å²) in [7, 11) is 1.29. The third-order valence-corrected chi connectivity index (χ3v) is 1.88. The molecule has 0 amide bonds. The minimum absolute atomic E-state index is 0.132. The lowest BCUT2D eigenvalue weighted by Crippen LogP contribution is -2.24. The maximum Gasteiger partial charge on any atom is 0.373 e. The van der Waals surface area contributed by atoms with Crippen LogP contribution in [-0.2, 0) is 15.2 Å². The second-order valence-electron chi connectivity index (χ2n) is 3.28. The molecule has 1 aromatic rings. The Morgan fingerprint density at radius 3 is 2.64 bits per heavy atom. The summed E-state index contributed by atoms with van der Waals surface area (Å²) in [6, 6.07) is 3.14. The second kappa shape index (κ2) is 3.81. The monoisotopic (exact) mass is 199 g/mol. The molecule has 0 atom stereocenters. The summed E-state index contributed by atoms with van der Waals surface area (Å²) in [5.74, 6) is 5.16. The fourth-order valence-electron chi connectivity index (χ4n) is 0.930. The van der Waals surface area contributed by atoms with E-state index in [1.807, 2.05) is 0 Å². The van der Waals surface area contributed by atoms with Crippen LogP contribution >= 0.6 is 0 Å². The molecule has 0 radical (unpaired) electrons. The summed E-state index contributed by atoms with van der Waals surface area (Å²) in [5.41, 5.74) is -0.758. The van der Waals surface area contributed by atoms with Crippen molar-refractivity contribution in [2.75, 3.05) is 7.11 Å². The first-order chi connectivity index (χ1) is 6.51. The van der Waals surface area contributed by atoms with Crippen molar-refractivity contribution >= 4 is 5.97 Å². The Balaban J connectivity index is 2.93. The summed E-state index contributed by atoms with van der Waals surface area (Å²) in [5, 5.41) is 0. The predicted molar refractivity (Wildman–Crippen MR) is 48.3 cm³/mol. The Bertz CT molecular complexity index is 329. The zero-order valence-corrected chi connectivity index (χ0v) is 8.37. The highest BCUT2D eigenvalue weighted by Crippen LogP contribution is 2.24. The third-order valence-electron chi connectivity index (χ3n) is 1.88. The smallest absolute Gasteiger partial charge is 0.373 e. The Morgan fingerprint density at radius 1 is 1.50 bits per heavy atom. The summed E-state index contributed by atoms with van der Waals surface area (Å²) in [4.78, 5) is 15.8. The van der Waals surface area contributed by atoms with Crippen LogP contribution < -0.4 is 5.90 Å². The summed E-state index contributed by atoms with van der Waals surface area (Å²) < 4.78 is 9.70. The molecule has 0 saturated heterocycles. The predicted octanol–water partition coefficient (Wildman–Crippen LogP) is 1.19. The third kappa shape index (κ3) is 1.94. The minimum Gasteiger partial charge on any atom is -0.463 e. The minimum atomic E-state index is -0.758. The van der Waals surface area contributed by atoms with Crippen molar-refractivity contribution in [2.45, 2.75) is 19.4 Å². The van der Waals surface area contributed by atoms with Crippen LogP contribution in [-0.4, -0.2) is 13.1 Å². The van der Waals surface area contributed by atoms with Gasteiger partial charge >= 0.3 is 5.97 Å². The van der Waals surface area contributed by atoms with E-state index in [0.29, 0.717) is 5.76 Å². The first-order valence-electron chi connectivity index (χ1n) is 4.08. The molecule has 0 spiro atoms. The number of hydrogen-bond acceptors (Lipinski definition) is 5. The molecule has 0 aliphatic carbocycles. The van der Waals surface area contributed by atoms with Gasteiger partial charge in [0.15, 0.2) is 0 Å². The summed E-state index contributed by atoms with van der Waals surface area (Å²) in [6.45, 7) is 3.46. The standard InChI is InChI=1S/C9H13NO4/c1-9(2,14-10)7-5-4-6(13-7)8(11)12-3/h4-5H,10H2,1-3H3. The normalized spacial score (nSPS) is 11.4. The quantitative estimate of drug-likeness (QED) is 0.584. The molecule has 5 heteroatoms. The maximum atomic E-state index is 11.1. The van der Waals surface area contributed by atoms with Gasteiger partial charge < -0.3 is 9.15 Å². The van der Waals surface area contributed by atoms with Crippen molar-refractivity contribution in [1.82, 2.24) is 0 Å². The van der Waals surface area contributed by atoms with E-state index in [9.17, 15) is 4.79 Å². The number of carbonyl (C=O) groups excluding carboxylic acids is 1. The average molecular weight is 199 g/mol. The zero-order valence-electron chi connectivity index (χ0n) is 8.37. The van der Waals surface area contributed by atoms with Gasteiger partial charge in [-0.05, 0) is 26.0 Å². The number of methoxy groups -OCH3 is 1. The van der Waals surface area contributed by atoms with Crippen molar-refractivity contribution in [2.24, 2.45) is 5.90 Å². The average Bonchev–Trinajstić information content (AvgIpc) is 2.66. The first kappa shape index (κ1) is 10.7. The van der Waals surface area contributed by atoms with Gasteiger partial charge in [0.2, 0.25) is 5.76 Å². The molecule has 2 N–H and O–H groups in total. The van der Waals surface area contributed by atoms with E-state index in [1.54, 1.807) is 19.9 Å². The number of ether oxygens (including phenoxy) is 1. The van der Waals surface area contributed by atoms with Gasteiger partial charge in [-0.2, -0.15) is 0 Å². The van der Waals surface area contributed by atoms with Gasteiger partial charge in [-0.25, -0.2) is 10.7 Å². The maximum absolute atomic E-state index is 11.1. The van der Waals surface area contributed by atoms with Gasteiger partial charge in [0.25, 0.3) is 0 Å². The molecule has 0 fully saturated rings. The van der Waals surface area contributed by atoms with Crippen LogP contribution in [0, 0.1) is 0 Å². The van der Waals surface area contributed by atoms with Crippen molar-refractivity contribution in [3.05, 3.63) is 23.7 Å². The lowest BCUT2D eigenvalue weighted by Gasteiger charge is -2.18. The van der Waals surface area contributed by atoms with Crippen LogP contribution in [0.5, 0.6) is 0 Å². The Kier molecular flexibility index (Phi) is 2.93. The van der Waals surface area contributed by atoms with Crippen molar-refractivity contribution in [3.8, 4) is 0 Å². The number of nitrogens with two attached hydrogens (primary N) is 1. The van der Waals surface area contributed by atoms with Gasteiger partial charge in [0.1, 0.15) is 11.4 Å². The van der Waals surface area contributed by atoms with Crippen molar-refractivity contribution < 1.29 is 18.8 Å². The molecule has 1 aromatic heterocycles. The number of esters is 1. The molecule has 0 unspecified atom stereocenters. The van der Waals surface area contributed by atoms with Crippen LogP contribution in [0.3, 0.4) is 0 Å². The molecule has 0 aliphatic rings. The number of hydrogen-bond donors (Lipinski definition) is 1. The van der Waals surface area contributed by atoms with E-state index in [0.717, 1.165) is 0 Å². The number of rotatable bonds is 3. The fourth-order valence-corrected chi connectivity index (χ4v) is 0.930. The van der Waals surface area contributed by atoms with E-state index in [-0.39, 0.29) is 5.76 Å². The van der Waals surface area contributed by atoms with E-state index in [4.69, 9.17) is 15.2 Å². The molecule has 0 aliphatic heterocycles. The molecule has 0 aromatic carbocycles. The Morgan fingerprint density at radius 2 is 2.14 bits per heavy atom. The van der Waals surface area contributed by atoms with Gasteiger partial charge in [-0.1, -0.05) is 0 Å². The molecule has 0 saturated carbocycles. The highest BCUT2D eigenvalue weighted by molar-refractivity contribution is 5.86. The lowest BCUT2D eigenvalue weighted by atomic mass is 10.1. The topological polar surface area (TPSA) is 74.7 Å². The lowest BCUT2D eigenvalue weighted by molar-refractivity contribution is -0.0394. The highest BCUT2D eigenvalue weighted by Gasteiger charge is 2.26. The second-order valence-corrected chi connectivity index (χ2v) is 3.28. The van der Waals surface area contributed by atoms with Crippen LogP contribution in [0.15, 0.2) is 16.5 Å². The molecular weight excluding hydrogens is 186 g/mol. The van der Waals surface area contributed by atoms with Gasteiger partial charge in [-0.15, -0.1) is 0 Å². The molecule has 5 nitrogen and oxygen atoms in total. The van der Waals surface area contributed by atoms with E-state index in [2.05, 4.69) is 4.74 Å². The summed E-state index contributed by atoms with van der Waals surface area (Å²) >= 11 is 0. The van der Waals surface area contributed by atoms with E-state index in [1.165, 1.54) is 13.2 Å². The van der Waals surface area contributed by atoms with Gasteiger partial charge in [-0.3, -0.25) is 4.84 Å². The molecule has 1 heterocycles. The Hall–Kier alpha value is -1.33. The number of carbonyl (C=O) groups is 1. The number of furan rings is 1. The molecule has 14 heavy (non-hydrogen) atoms. The van der Waals surface area contributed by atoms with Gasteiger partial charge in [0.05, 0.1) is 7.11 Å². The van der Waals surface area contributed by atoms with E-state index < -0.39 is 11.6 Å². The molecule has 0 bridgehead atoms. The molecular formula is C9H13NO4. The van der Waals surface area contributed by atoms with Gasteiger partial charge in [0, 0.05) is 0 Å². The highest BCUT2D eigenvalue weighted by atomic mass is 16.6. The van der Waals surface area contributed by atoms with Crippen LogP contribution in [0.1, 0.15) is 30.2 Å². The molecule has 1 rings (SSSR count). The zero-order chi connectivity index (χ0) is 10.8. The van der Waals surface area contributed by atoms with Crippen molar-refractivity contribution in [3.63, 3.8) is 0 Å². The van der Waals surface area contributed by atoms with Crippen LogP contribution in [0.25, 0.3) is 0 Å². The molecule has 78 valence electrons. The van der Waals surface area contributed by atoms with Crippen molar-refractivity contribution in [1.29, 1.82) is 0 Å². The summed E-state index contributed by atoms with van der Waals surface area (Å²) in [6.07, 6.45) is 0. The van der Waals surface area contributed by atoms with Crippen LogP contribution in [0.4, 0.5) is 0 Å². The fraction of sp³-hybridized carbons (Fsp3) is 0.444.